The molecule has 0 spiro atoms. The van der Waals surface area contributed by atoms with Crippen LogP contribution in [-0.2, 0) is 11.2 Å². The Morgan fingerprint density at radius 1 is 1.32 bits per heavy atom. The maximum Gasteiger partial charge on any atom is 0.407 e. The number of carbonyl (C=O) groups excluding carboxylic acids is 1. The molecule has 5 N–H and O–H groups in total. The molecule has 19 heavy (non-hydrogen) atoms. The second-order valence-corrected chi connectivity index (χ2v) is 4.22. The lowest BCUT2D eigenvalue weighted by atomic mass is 10.1. The van der Waals surface area contributed by atoms with Crippen molar-refractivity contribution in [1.82, 2.24) is 4.90 Å². The highest BCUT2D eigenvalue weighted by atomic mass is 19.1. The fourth-order valence-electron chi connectivity index (χ4n) is 1.67. The topological polar surface area (TPSA) is 110 Å². The molecule has 1 unspecified atom stereocenters. The number of rotatable bonds is 6. The first kappa shape index (κ1) is 14.9. The SMILES string of the molecule is NC(=O)CN(CC(N)Cc1ccc(F)cc1)C(=O)O. The first-order valence-corrected chi connectivity index (χ1v) is 5.64. The summed E-state index contributed by atoms with van der Waals surface area (Å²) in [5.41, 5.74) is 11.5. The zero-order valence-corrected chi connectivity index (χ0v) is 10.3. The number of hydrogen-bond donors (Lipinski definition) is 3. The predicted octanol–water partition coefficient (Wildman–Crippen LogP) is 0.161. The second-order valence-electron chi connectivity index (χ2n) is 4.22. The van der Waals surface area contributed by atoms with Crippen LogP contribution in [0.25, 0.3) is 0 Å². The lowest BCUT2D eigenvalue weighted by Crippen LogP contribution is -2.45. The van der Waals surface area contributed by atoms with E-state index in [1.165, 1.54) is 12.1 Å². The molecule has 0 aromatic heterocycles. The highest BCUT2D eigenvalue weighted by Crippen LogP contribution is 2.06. The van der Waals surface area contributed by atoms with Crippen molar-refractivity contribution in [1.29, 1.82) is 0 Å². The summed E-state index contributed by atoms with van der Waals surface area (Å²) in [5, 5.41) is 8.89. The molecule has 1 atom stereocenters. The van der Waals surface area contributed by atoms with Crippen LogP contribution in [0.4, 0.5) is 9.18 Å². The van der Waals surface area contributed by atoms with Gasteiger partial charge in [0.15, 0.2) is 0 Å². The van der Waals surface area contributed by atoms with Crippen molar-refractivity contribution in [3.8, 4) is 0 Å². The van der Waals surface area contributed by atoms with Gasteiger partial charge in [0.05, 0.1) is 0 Å². The van der Waals surface area contributed by atoms with Crippen LogP contribution in [-0.4, -0.2) is 41.1 Å². The van der Waals surface area contributed by atoms with Crippen molar-refractivity contribution in [3.05, 3.63) is 35.6 Å². The Hall–Kier alpha value is -2.15. The lowest BCUT2D eigenvalue weighted by Gasteiger charge is -2.21. The molecule has 104 valence electrons. The van der Waals surface area contributed by atoms with Gasteiger partial charge in [0.2, 0.25) is 5.91 Å². The van der Waals surface area contributed by atoms with E-state index in [0.717, 1.165) is 10.5 Å². The third-order valence-corrected chi connectivity index (χ3v) is 2.48. The van der Waals surface area contributed by atoms with Gasteiger partial charge in [-0.15, -0.1) is 0 Å². The third kappa shape index (κ3) is 5.35. The Balaban J connectivity index is 2.57. The molecule has 1 aromatic rings. The van der Waals surface area contributed by atoms with Gasteiger partial charge in [0, 0.05) is 12.6 Å². The zero-order valence-electron chi connectivity index (χ0n) is 10.3. The van der Waals surface area contributed by atoms with Crippen molar-refractivity contribution < 1.29 is 19.1 Å². The fraction of sp³-hybridized carbons (Fsp3) is 0.333. The third-order valence-electron chi connectivity index (χ3n) is 2.48. The summed E-state index contributed by atoms with van der Waals surface area (Å²) in [6, 6.07) is 5.27. The van der Waals surface area contributed by atoms with Gasteiger partial charge in [-0.3, -0.25) is 9.69 Å². The first-order chi connectivity index (χ1) is 8.88. The van der Waals surface area contributed by atoms with Crippen molar-refractivity contribution in [2.45, 2.75) is 12.5 Å². The van der Waals surface area contributed by atoms with E-state index in [1.54, 1.807) is 12.1 Å². The second kappa shape index (κ2) is 6.69. The quantitative estimate of drug-likeness (QED) is 0.683. The van der Waals surface area contributed by atoms with Gasteiger partial charge in [-0.05, 0) is 24.1 Å². The van der Waals surface area contributed by atoms with Crippen molar-refractivity contribution >= 4 is 12.0 Å². The van der Waals surface area contributed by atoms with Gasteiger partial charge in [-0.1, -0.05) is 12.1 Å². The summed E-state index contributed by atoms with van der Waals surface area (Å²) < 4.78 is 12.7. The maximum atomic E-state index is 12.7. The van der Waals surface area contributed by atoms with Crippen LogP contribution in [0.2, 0.25) is 0 Å². The van der Waals surface area contributed by atoms with Gasteiger partial charge >= 0.3 is 6.09 Å². The minimum Gasteiger partial charge on any atom is -0.465 e. The molecule has 0 saturated carbocycles. The van der Waals surface area contributed by atoms with Crippen LogP contribution in [0.15, 0.2) is 24.3 Å². The Morgan fingerprint density at radius 3 is 2.37 bits per heavy atom. The summed E-state index contributed by atoms with van der Waals surface area (Å²) >= 11 is 0. The van der Waals surface area contributed by atoms with E-state index in [-0.39, 0.29) is 12.4 Å². The number of nitrogens with zero attached hydrogens (tertiary/aromatic N) is 1. The summed E-state index contributed by atoms with van der Waals surface area (Å²) in [6.45, 7) is -0.415. The first-order valence-electron chi connectivity index (χ1n) is 5.64. The van der Waals surface area contributed by atoms with E-state index in [2.05, 4.69) is 0 Å². The molecule has 2 amide bonds. The molecule has 0 saturated heterocycles. The molecule has 0 bridgehead atoms. The average Bonchev–Trinajstić information content (AvgIpc) is 2.30. The van der Waals surface area contributed by atoms with Crippen molar-refractivity contribution in [3.63, 3.8) is 0 Å². The zero-order chi connectivity index (χ0) is 14.4. The highest BCUT2D eigenvalue weighted by molar-refractivity contribution is 5.80. The van der Waals surface area contributed by atoms with E-state index in [4.69, 9.17) is 16.6 Å². The average molecular weight is 269 g/mol. The van der Waals surface area contributed by atoms with Gasteiger partial charge < -0.3 is 16.6 Å². The molecule has 7 heteroatoms. The van der Waals surface area contributed by atoms with E-state index < -0.39 is 24.6 Å². The lowest BCUT2D eigenvalue weighted by molar-refractivity contribution is -0.118. The van der Waals surface area contributed by atoms with Crippen LogP contribution in [0.3, 0.4) is 0 Å². The molecule has 0 aliphatic rings. The molecule has 0 heterocycles. The molecule has 0 aliphatic heterocycles. The number of nitrogens with two attached hydrogens (primary N) is 2. The van der Waals surface area contributed by atoms with E-state index in [9.17, 15) is 14.0 Å². The van der Waals surface area contributed by atoms with Crippen LogP contribution in [0.1, 0.15) is 5.56 Å². The molecule has 6 nitrogen and oxygen atoms in total. The van der Waals surface area contributed by atoms with Gasteiger partial charge in [-0.2, -0.15) is 0 Å². The minimum absolute atomic E-state index is 0.0182. The smallest absolute Gasteiger partial charge is 0.407 e. The molecule has 0 aliphatic carbocycles. The molecule has 0 radical (unpaired) electrons. The normalized spacial score (nSPS) is 11.9. The number of carboxylic acid groups (broad SMARTS) is 1. The van der Waals surface area contributed by atoms with Crippen molar-refractivity contribution in [2.24, 2.45) is 11.5 Å². The van der Waals surface area contributed by atoms with E-state index in [0.29, 0.717) is 6.42 Å². The number of hydrogen-bond acceptors (Lipinski definition) is 3. The summed E-state index contributed by atoms with van der Waals surface area (Å²) in [4.78, 5) is 22.5. The predicted molar refractivity (Wildman–Crippen MR) is 66.9 cm³/mol. The number of halogens is 1. The summed E-state index contributed by atoms with van der Waals surface area (Å²) in [7, 11) is 0. The molecular weight excluding hydrogens is 253 g/mol. The Labute approximate surface area is 109 Å². The minimum atomic E-state index is -1.26. The van der Waals surface area contributed by atoms with Crippen LogP contribution < -0.4 is 11.5 Å². The van der Waals surface area contributed by atoms with E-state index in [1.807, 2.05) is 0 Å². The summed E-state index contributed by atoms with van der Waals surface area (Å²) in [5.74, 6) is -1.09. The van der Waals surface area contributed by atoms with Gasteiger partial charge in [-0.25, -0.2) is 9.18 Å². The van der Waals surface area contributed by atoms with Crippen LogP contribution in [0.5, 0.6) is 0 Å². The molecular formula is C12H16FN3O3. The summed E-state index contributed by atoms with van der Waals surface area (Å²) in [6.07, 6.45) is -0.878. The molecule has 1 rings (SSSR count). The number of carbonyl (C=O) groups is 2. The Bertz CT molecular complexity index is 450. The Morgan fingerprint density at radius 2 is 1.89 bits per heavy atom. The number of amides is 2. The largest absolute Gasteiger partial charge is 0.465 e. The highest BCUT2D eigenvalue weighted by Gasteiger charge is 2.17. The standard InChI is InChI=1S/C12H16FN3O3/c13-9-3-1-8(2-4-9)5-10(14)6-16(12(18)19)7-11(15)17/h1-4,10H,5-7,14H2,(H2,15,17)(H,18,19). The van der Waals surface area contributed by atoms with Crippen LogP contribution in [0, 0.1) is 5.82 Å². The van der Waals surface area contributed by atoms with Crippen LogP contribution >= 0.6 is 0 Å². The molecule has 1 aromatic carbocycles. The number of primary amides is 1. The number of benzene rings is 1. The monoisotopic (exact) mass is 269 g/mol. The van der Waals surface area contributed by atoms with Gasteiger partial charge in [0.25, 0.3) is 0 Å². The van der Waals surface area contributed by atoms with Crippen molar-refractivity contribution in [2.75, 3.05) is 13.1 Å². The van der Waals surface area contributed by atoms with E-state index >= 15 is 0 Å². The molecule has 0 fully saturated rings. The maximum absolute atomic E-state index is 12.7. The van der Waals surface area contributed by atoms with Gasteiger partial charge in [0.1, 0.15) is 12.4 Å². The fourth-order valence-corrected chi connectivity index (χ4v) is 1.67. The Kier molecular flexibility index (Phi) is 5.25.